The van der Waals surface area contributed by atoms with Crippen molar-refractivity contribution in [1.29, 1.82) is 0 Å². The van der Waals surface area contributed by atoms with Crippen LogP contribution in [0.1, 0.15) is 24.5 Å². The molecule has 0 heterocycles. The third-order valence-corrected chi connectivity index (χ3v) is 4.63. The van der Waals surface area contributed by atoms with Gasteiger partial charge in [-0.15, -0.1) is 0 Å². The van der Waals surface area contributed by atoms with Gasteiger partial charge in [-0.05, 0) is 58.4 Å². The molecule has 4 rings (SSSR count). The lowest BCUT2D eigenvalue weighted by molar-refractivity contribution is 0.980. The van der Waals surface area contributed by atoms with Crippen molar-refractivity contribution < 1.29 is 0 Å². The van der Waals surface area contributed by atoms with Crippen molar-refractivity contribution in [2.24, 2.45) is 0 Å². The molecule has 0 saturated carbocycles. The molecule has 3 aromatic carbocycles. The molecule has 0 amide bonds. The average Bonchev–Trinajstić information content (AvgIpc) is 2.99. The Kier molecular flexibility index (Phi) is 3.63. The SMILES string of the molecule is CCCNc1ccc(-c2cccc3c2Cc2ccccc2-3)cc1. The number of rotatable bonds is 4. The summed E-state index contributed by atoms with van der Waals surface area (Å²) in [6.07, 6.45) is 2.18. The Morgan fingerprint density at radius 1 is 0.783 bits per heavy atom. The summed E-state index contributed by atoms with van der Waals surface area (Å²) in [5.74, 6) is 0. The molecule has 0 radical (unpaired) electrons. The second-order valence-electron chi connectivity index (χ2n) is 6.17. The number of fused-ring (bicyclic) bond motifs is 3. The Balaban J connectivity index is 1.71. The number of benzene rings is 3. The Morgan fingerprint density at radius 3 is 2.35 bits per heavy atom. The molecule has 23 heavy (non-hydrogen) atoms. The van der Waals surface area contributed by atoms with Gasteiger partial charge in [-0.2, -0.15) is 0 Å². The topological polar surface area (TPSA) is 12.0 Å². The van der Waals surface area contributed by atoms with Crippen LogP contribution in [0.4, 0.5) is 5.69 Å². The molecule has 1 aliphatic carbocycles. The van der Waals surface area contributed by atoms with Gasteiger partial charge in [0.05, 0.1) is 0 Å². The van der Waals surface area contributed by atoms with Gasteiger partial charge in [0.2, 0.25) is 0 Å². The molecule has 114 valence electrons. The quantitative estimate of drug-likeness (QED) is 0.506. The molecule has 0 aliphatic heterocycles. The summed E-state index contributed by atoms with van der Waals surface area (Å²) < 4.78 is 0. The third kappa shape index (κ3) is 2.53. The molecular weight excluding hydrogens is 278 g/mol. The third-order valence-electron chi connectivity index (χ3n) is 4.63. The highest BCUT2D eigenvalue weighted by Crippen LogP contribution is 2.41. The van der Waals surface area contributed by atoms with Crippen molar-refractivity contribution in [3.63, 3.8) is 0 Å². The van der Waals surface area contributed by atoms with Crippen LogP contribution in [0, 0.1) is 0 Å². The van der Waals surface area contributed by atoms with Crippen LogP contribution < -0.4 is 5.32 Å². The van der Waals surface area contributed by atoms with E-state index < -0.39 is 0 Å². The average molecular weight is 299 g/mol. The first kappa shape index (κ1) is 14.1. The molecule has 0 saturated heterocycles. The molecule has 0 bridgehead atoms. The Labute approximate surface area is 138 Å². The largest absolute Gasteiger partial charge is 0.385 e. The lowest BCUT2D eigenvalue weighted by atomic mass is 9.95. The van der Waals surface area contributed by atoms with Crippen LogP contribution in [0.2, 0.25) is 0 Å². The minimum absolute atomic E-state index is 1.02. The van der Waals surface area contributed by atoms with E-state index in [0.717, 1.165) is 19.4 Å². The van der Waals surface area contributed by atoms with Crippen molar-refractivity contribution in [2.45, 2.75) is 19.8 Å². The molecule has 1 heteroatoms. The molecule has 3 aromatic rings. The number of nitrogens with one attached hydrogen (secondary N) is 1. The summed E-state index contributed by atoms with van der Waals surface area (Å²) in [5, 5.41) is 3.44. The maximum atomic E-state index is 3.44. The van der Waals surface area contributed by atoms with Crippen LogP contribution >= 0.6 is 0 Å². The van der Waals surface area contributed by atoms with Crippen LogP contribution in [0.15, 0.2) is 66.7 Å². The highest BCUT2D eigenvalue weighted by Gasteiger charge is 2.20. The lowest BCUT2D eigenvalue weighted by Gasteiger charge is -2.10. The molecule has 0 aromatic heterocycles. The van der Waals surface area contributed by atoms with Gasteiger partial charge >= 0.3 is 0 Å². The second-order valence-corrected chi connectivity index (χ2v) is 6.17. The monoisotopic (exact) mass is 299 g/mol. The maximum absolute atomic E-state index is 3.44. The smallest absolute Gasteiger partial charge is 0.0340 e. The van der Waals surface area contributed by atoms with Gasteiger partial charge in [0.25, 0.3) is 0 Å². The molecule has 0 fully saturated rings. The van der Waals surface area contributed by atoms with Gasteiger partial charge in [-0.3, -0.25) is 0 Å². The predicted octanol–water partition coefficient (Wildman–Crippen LogP) is 5.75. The van der Waals surface area contributed by atoms with E-state index in [-0.39, 0.29) is 0 Å². The normalized spacial score (nSPS) is 11.9. The fourth-order valence-corrected chi connectivity index (χ4v) is 3.46. The summed E-state index contributed by atoms with van der Waals surface area (Å²) in [7, 11) is 0. The van der Waals surface area contributed by atoms with Crippen LogP contribution in [0.5, 0.6) is 0 Å². The highest BCUT2D eigenvalue weighted by molar-refractivity contribution is 5.84. The van der Waals surface area contributed by atoms with E-state index >= 15 is 0 Å². The van der Waals surface area contributed by atoms with Crippen molar-refractivity contribution in [1.82, 2.24) is 0 Å². The maximum Gasteiger partial charge on any atom is 0.0340 e. The lowest BCUT2D eigenvalue weighted by Crippen LogP contribution is -1.99. The van der Waals surface area contributed by atoms with Gasteiger partial charge in [0, 0.05) is 12.2 Å². The molecule has 1 nitrogen and oxygen atoms in total. The Morgan fingerprint density at radius 2 is 1.52 bits per heavy atom. The summed E-state index contributed by atoms with van der Waals surface area (Å²) in [6, 6.07) is 24.3. The van der Waals surface area contributed by atoms with E-state index in [1.165, 1.54) is 39.1 Å². The van der Waals surface area contributed by atoms with Crippen molar-refractivity contribution >= 4 is 5.69 Å². The van der Waals surface area contributed by atoms with E-state index in [9.17, 15) is 0 Å². The summed E-state index contributed by atoms with van der Waals surface area (Å²) in [6.45, 7) is 3.21. The van der Waals surface area contributed by atoms with E-state index in [2.05, 4.69) is 79.0 Å². The van der Waals surface area contributed by atoms with Crippen LogP contribution in [0.25, 0.3) is 22.3 Å². The van der Waals surface area contributed by atoms with Crippen LogP contribution in [0.3, 0.4) is 0 Å². The summed E-state index contributed by atoms with van der Waals surface area (Å²) >= 11 is 0. The zero-order valence-electron chi connectivity index (χ0n) is 13.5. The molecule has 0 spiro atoms. The second kappa shape index (κ2) is 5.92. The minimum Gasteiger partial charge on any atom is -0.385 e. The summed E-state index contributed by atoms with van der Waals surface area (Å²) in [4.78, 5) is 0. The number of anilines is 1. The fraction of sp³-hybridized carbons (Fsp3) is 0.182. The van der Waals surface area contributed by atoms with Crippen LogP contribution in [-0.2, 0) is 6.42 Å². The molecule has 1 N–H and O–H groups in total. The molecule has 0 atom stereocenters. The molecule has 0 unspecified atom stereocenters. The van der Waals surface area contributed by atoms with E-state index in [4.69, 9.17) is 0 Å². The number of hydrogen-bond donors (Lipinski definition) is 1. The Bertz CT molecular complexity index is 831. The zero-order valence-corrected chi connectivity index (χ0v) is 13.5. The van der Waals surface area contributed by atoms with Crippen molar-refractivity contribution in [2.75, 3.05) is 11.9 Å². The first-order valence-corrected chi connectivity index (χ1v) is 8.41. The van der Waals surface area contributed by atoms with Crippen molar-refractivity contribution in [3.8, 4) is 22.3 Å². The van der Waals surface area contributed by atoms with Gasteiger partial charge in [0.15, 0.2) is 0 Å². The van der Waals surface area contributed by atoms with Gasteiger partial charge in [0.1, 0.15) is 0 Å². The number of hydrogen-bond acceptors (Lipinski definition) is 1. The van der Waals surface area contributed by atoms with E-state index in [1.807, 2.05) is 0 Å². The molecular formula is C22H21N. The van der Waals surface area contributed by atoms with Gasteiger partial charge in [-0.1, -0.05) is 61.5 Å². The van der Waals surface area contributed by atoms with Crippen LogP contribution in [-0.4, -0.2) is 6.54 Å². The zero-order chi connectivity index (χ0) is 15.6. The Hall–Kier alpha value is -2.54. The summed E-state index contributed by atoms with van der Waals surface area (Å²) in [5.41, 5.74) is 9.56. The van der Waals surface area contributed by atoms with Gasteiger partial charge in [-0.25, -0.2) is 0 Å². The fourth-order valence-electron chi connectivity index (χ4n) is 3.46. The minimum atomic E-state index is 1.02. The first-order valence-electron chi connectivity index (χ1n) is 8.41. The van der Waals surface area contributed by atoms with E-state index in [1.54, 1.807) is 0 Å². The van der Waals surface area contributed by atoms with Crippen molar-refractivity contribution in [3.05, 3.63) is 77.9 Å². The standard InChI is InChI=1S/C22H21N/c1-2-14-23-18-12-10-16(11-13-18)19-8-5-9-21-20-7-4-3-6-17(20)15-22(19)21/h3-13,23H,2,14-15H2,1H3. The van der Waals surface area contributed by atoms with Gasteiger partial charge < -0.3 is 5.32 Å². The first-order chi connectivity index (χ1) is 11.4. The molecule has 1 aliphatic rings. The predicted molar refractivity (Wildman–Crippen MR) is 98.9 cm³/mol. The highest BCUT2D eigenvalue weighted by atomic mass is 14.9. The van der Waals surface area contributed by atoms with E-state index in [0.29, 0.717) is 0 Å².